The molecule has 5 atom stereocenters. The molecule has 196 valence electrons. The van der Waals surface area contributed by atoms with Crippen LogP contribution in [0, 0.1) is 11.8 Å². The van der Waals surface area contributed by atoms with Crippen LogP contribution in [0.5, 0.6) is 0 Å². The van der Waals surface area contributed by atoms with Crippen molar-refractivity contribution in [2.45, 2.75) is 82.5 Å². The molecule has 37 heavy (non-hydrogen) atoms. The molecule has 5 heteroatoms. The summed E-state index contributed by atoms with van der Waals surface area (Å²) in [6.45, 7) is 3.02. The van der Waals surface area contributed by atoms with E-state index in [9.17, 15) is 9.59 Å². The molecule has 1 unspecified atom stereocenters. The number of fused-ring (bicyclic) bond motifs is 1. The van der Waals surface area contributed by atoms with E-state index >= 15 is 0 Å². The number of hydrogen-bond donors (Lipinski definition) is 0. The van der Waals surface area contributed by atoms with E-state index in [1.54, 1.807) is 0 Å². The van der Waals surface area contributed by atoms with Gasteiger partial charge in [0.2, 0.25) is 0 Å². The molecule has 3 aliphatic rings. The highest BCUT2D eigenvalue weighted by Crippen LogP contribution is 2.45. The summed E-state index contributed by atoms with van der Waals surface area (Å²) in [7, 11) is 0. The third-order valence-corrected chi connectivity index (χ3v) is 8.28. The fraction of sp³-hybridized carbons (Fsp3) is 0.500. The van der Waals surface area contributed by atoms with Crippen molar-refractivity contribution < 1.29 is 23.8 Å². The monoisotopic (exact) mass is 502 g/mol. The lowest BCUT2D eigenvalue weighted by atomic mass is 9.84. The fourth-order valence-corrected chi connectivity index (χ4v) is 6.02. The van der Waals surface area contributed by atoms with Gasteiger partial charge in [-0.05, 0) is 29.7 Å². The maximum Gasteiger partial charge on any atom is 0.338 e. The van der Waals surface area contributed by atoms with E-state index in [-0.39, 0.29) is 41.6 Å². The number of benzene rings is 2. The van der Waals surface area contributed by atoms with E-state index in [2.05, 4.69) is 19.1 Å². The molecule has 2 aromatic carbocycles. The van der Waals surface area contributed by atoms with Gasteiger partial charge in [-0.1, -0.05) is 93.6 Å². The Morgan fingerprint density at radius 2 is 1.76 bits per heavy atom. The first-order valence-corrected chi connectivity index (χ1v) is 14.0. The summed E-state index contributed by atoms with van der Waals surface area (Å²) >= 11 is 0. The van der Waals surface area contributed by atoms with Gasteiger partial charge in [-0.3, -0.25) is 4.79 Å². The maximum atomic E-state index is 13.1. The minimum atomic E-state index is -0.333. The highest BCUT2D eigenvalue weighted by atomic mass is 16.6. The van der Waals surface area contributed by atoms with Gasteiger partial charge in [-0.15, -0.1) is 0 Å². The second-order valence-electron chi connectivity index (χ2n) is 10.8. The Kier molecular flexibility index (Phi) is 8.09. The van der Waals surface area contributed by atoms with Crippen molar-refractivity contribution in [2.24, 2.45) is 11.8 Å². The second-order valence-corrected chi connectivity index (χ2v) is 10.8. The molecule has 5 rings (SSSR count). The molecule has 0 bridgehead atoms. The summed E-state index contributed by atoms with van der Waals surface area (Å²) in [5.74, 6) is -0.492. The molecule has 5 nitrogen and oxygen atoms in total. The first-order chi connectivity index (χ1) is 18.1. The summed E-state index contributed by atoms with van der Waals surface area (Å²) in [5.41, 5.74) is 2.48. The lowest BCUT2D eigenvalue weighted by Gasteiger charge is -2.40. The molecular formula is C32H38O5. The molecule has 1 aliphatic carbocycles. The van der Waals surface area contributed by atoms with Gasteiger partial charge >= 0.3 is 11.9 Å². The zero-order valence-corrected chi connectivity index (χ0v) is 21.8. The van der Waals surface area contributed by atoms with Crippen molar-refractivity contribution in [3.63, 3.8) is 0 Å². The lowest BCUT2D eigenvalue weighted by Crippen LogP contribution is -2.42. The number of rotatable bonds is 11. The van der Waals surface area contributed by atoms with Crippen LogP contribution in [0.15, 0.2) is 66.7 Å². The van der Waals surface area contributed by atoms with Crippen LogP contribution < -0.4 is 0 Å². The number of unbranched alkanes of at least 4 members (excludes halogenated alkanes) is 4. The van der Waals surface area contributed by atoms with Crippen LogP contribution in [0.4, 0.5) is 0 Å². The summed E-state index contributed by atoms with van der Waals surface area (Å²) in [6.07, 6.45) is 13.0. The first-order valence-electron chi connectivity index (χ1n) is 14.0. The minimum Gasteiger partial charge on any atom is -0.462 e. The molecule has 0 amide bonds. The Labute approximate surface area is 220 Å². The highest BCUT2D eigenvalue weighted by molar-refractivity contribution is 5.90. The number of hydrogen-bond acceptors (Lipinski definition) is 5. The van der Waals surface area contributed by atoms with Gasteiger partial charge < -0.3 is 14.2 Å². The van der Waals surface area contributed by atoms with Crippen LogP contribution >= 0.6 is 0 Å². The van der Waals surface area contributed by atoms with Gasteiger partial charge in [0.15, 0.2) is 0 Å². The molecule has 2 heterocycles. The average Bonchev–Trinajstić information content (AvgIpc) is 3.40. The molecule has 2 aromatic rings. The Bertz CT molecular complexity index is 1090. The first kappa shape index (κ1) is 25.7. The molecule has 2 aliphatic heterocycles. The molecule has 1 saturated carbocycles. The van der Waals surface area contributed by atoms with Crippen LogP contribution in [0.3, 0.4) is 0 Å². The van der Waals surface area contributed by atoms with Gasteiger partial charge in [0.25, 0.3) is 0 Å². The predicted molar refractivity (Wildman–Crippen MR) is 143 cm³/mol. The molecule has 3 fully saturated rings. The van der Waals surface area contributed by atoms with Crippen molar-refractivity contribution in [2.75, 3.05) is 6.61 Å². The molecule has 0 spiro atoms. The molecule has 2 saturated heterocycles. The summed E-state index contributed by atoms with van der Waals surface area (Å²) in [4.78, 5) is 25.1. The van der Waals surface area contributed by atoms with E-state index in [0.29, 0.717) is 18.4 Å². The lowest BCUT2D eigenvalue weighted by molar-refractivity contribution is -0.141. The van der Waals surface area contributed by atoms with Crippen LogP contribution in [0.1, 0.15) is 75.1 Å². The Morgan fingerprint density at radius 3 is 2.46 bits per heavy atom. The van der Waals surface area contributed by atoms with Crippen LogP contribution in [-0.4, -0.2) is 36.4 Å². The predicted octanol–water partition coefficient (Wildman–Crippen LogP) is 6.91. The van der Waals surface area contributed by atoms with Gasteiger partial charge in [0, 0.05) is 24.7 Å². The molecule has 0 radical (unpaired) electrons. The second kappa shape index (κ2) is 11.6. The SMILES string of the molecule is CCCCCCCC1(/C=C/[C@@H]2[C@H]3CC(=O)O[C@H]3C[C@H]2OC(=O)c2ccc(-c3ccccc3)cc2)CCO1. The standard InChI is InChI=1S/C32H38O5/c1-2-3-4-5-9-17-32(19-20-35-32)18-16-26-27-21-30(33)36-29(27)22-28(26)37-31(34)25-14-12-24(13-15-25)23-10-7-6-8-11-23/h6-8,10-16,18,26-29H,2-5,9,17,19-22H2,1H3/b18-16+/t26-,27-,28-,29+,32?/m1/s1. The summed E-state index contributed by atoms with van der Waals surface area (Å²) in [6, 6.07) is 17.6. The number of carbonyl (C=O) groups excluding carboxylic acids is 2. The number of ether oxygens (including phenoxy) is 3. The molecule has 0 aromatic heterocycles. The average molecular weight is 503 g/mol. The smallest absolute Gasteiger partial charge is 0.338 e. The topological polar surface area (TPSA) is 61.8 Å². The van der Waals surface area contributed by atoms with Crippen molar-refractivity contribution in [3.8, 4) is 11.1 Å². The zero-order chi connectivity index (χ0) is 25.7. The fourth-order valence-electron chi connectivity index (χ4n) is 6.02. The largest absolute Gasteiger partial charge is 0.462 e. The highest BCUT2D eigenvalue weighted by Gasteiger charge is 2.51. The van der Waals surface area contributed by atoms with Crippen LogP contribution in [-0.2, 0) is 19.0 Å². The Hall–Kier alpha value is -2.92. The third kappa shape index (κ3) is 5.98. The Balaban J connectivity index is 1.25. The van der Waals surface area contributed by atoms with Crippen LogP contribution in [0.25, 0.3) is 11.1 Å². The van der Waals surface area contributed by atoms with Crippen LogP contribution in [0.2, 0.25) is 0 Å². The van der Waals surface area contributed by atoms with E-state index in [0.717, 1.165) is 37.0 Å². The number of esters is 2. The van der Waals surface area contributed by atoms with Gasteiger partial charge in [0.1, 0.15) is 12.2 Å². The van der Waals surface area contributed by atoms with E-state index in [4.69, 9.17) is 14.2 Å². The third-order valence-electron chi connectivity index (χ3n) is 8.28. The summed E-state index contributed by atoms with van der Waals surface area (Å²) < 4.78 is 17.7. The van der Waals surface area contributed by atoms with E-state index in [1.807, 2.05) is 54.6 Å². The van der Waals surface area contributed by atoms with Gasteiger partial charge in [-0.25, -0.2) is 4.79 Å². The van der Waals surface area contributed by atoms with Gasteiger partial charge in [-0.2, -0.15) is 0 Å². The zero-order valence-electron chi connectivity index (χ0n) is 21.8. The summed E-state index contributed by atoms with van der Waals surface area (Å²) in [5, 5.41) is 0. The normalized spacial score (nSPS) is 28.6. The number of carbonyl (C=O) groups is 2. The van der Waals surface area contributed by atoms with Gasteiger partial charge in [0.05, 0.1) is 24.2 Å². The maximum absolute atomic E-state index is 13.1. The van der Waals surface area contributed by atoms with Crippen molar-refractivity contribution in [1.29, 1.82) is 0 Å². The van der Waals surface area contributed by atoms with Crippen molar-refractivity contribution in [3.05, 3.63) is 72.3 Å². The van der Waals surface area contributed by atoms with E-state index < -0.39 is 0 Å². The van der Waals surface area contributed by atoms with E-state index in [1.165, 1.54) is 25.7 Å². The van der Waals surface area contributed by atoms with Crippen molar-refractivity contribution in [1.82, 2.24) is 0 Å². The molecular weight excluding hydrogens is 464 g/mol. The molecule has 0 N–H and O–H groups in total. The minimum absolute atomic E-state index is 0.0451. The quantitative estimate of drug-likeness (QED) is 0.190. The van der Waals surface area contributed by atoms with Crippen molar-refractivity contribution >= 4 is 11.9 Å². The Morgan fingerprint density at radius 1 is 1.03 bits per heavy atom.